The maximum Gasteiger partial charge on any atom is 0.422 e. The third kappa shape index (κ3) is 5.24. The average molecular weight is 506 g/mol. The molecule has 1 aliphatic heterocycles. The van der Waals surface area contributed by atoms with Gasteiger partial charge in [0.2, 0.25) is 11.3 Å². The van der Waals surface area contributed by atoms with Crippen LogP contribution >= 0.6 is 15.9 Å². The Morgan fingerprint density at radius 3 is 2.58 bits per heavy atom. The number of ether oxygens (including phenoxy) is 4. The lowest BCUT2D eigenvalue weighted by Gasteiger charge is -2.28. The zero-order valence-electron chi connectivity index (χ0n) is 17.3. The number of halogens is 4. The zero-order valence-corrected chi connectivity index (χ0v) is 18.9. The molecule has 6 nitrogen and oxygen atoms in total. The van der Waals surface area contributed by atoms with E-state index in [4.69, 9.17) is 18.9 Å². The molecule has 170 valence electrons. The summed E-state index contributed by atoms with van der Waals surface area (Å²) in [7, 11) is 3.11. The van der Waals surface area contributed by atoms with E-state index in [0.29, 0.717) is 41.2 Å². The highest BCUT2D eigenvalue weighted by molar-refractivity contribution is 9.10. The number of benzene rings is 1. The topological polar surface area (TPSA) is 58.9 Å². The number of aryl methyl sites for hydroxylation is 1. The van der Waals surface area contributed by atoms with Gasteiger partial charge in [0.25, 0.3) is 0 Å². The van der Waals surface area contributed by atoms with Crippen LogP contribution in [0.5, 0.6) is 11.6 Å². The molecular weight excluding hydrogens is 483 g/mol. The van der Waals surface area contributed by atoms with Gasteiger partial charge < -0.3 is 23.5 Å². The molecule has 10 heteroatoms. The van der Waals surface area contributed by atoms with Gasteiger partial charge in [0, 0.05) is 31.9 Å². The number of fused-ring (bicyclic) bond motifs is 3. The first-order valence-electron chi connectivity index (χ1n) is 9.56. The van der Waals surface area contributed by atoms with Crippen molar-refractivity contribution in [2.45, 2.75) is 32.2 Å². The van der Waals surface area contributed by atoms with E-state index >= 15 is 0 Å². The van der Waals surface area contributed by atoms with E-state index in [2.05, 4.69) is 15.9 Å². The molecular formula is C21H23BrF3NO5. The molecule has 0 bridgehead atoms. The number of pyridine rings is 1. The van der Waals surface area contributed by atoms with Crippen LogP contribution in [0, 0.1) is 6.92 Å². The molecule has 0 spiro atoms. The van der Waals surface area contributed by atoms with E-state index in [1.165, 1.54) is 6.07 Å². The van der Waals surface area contributed by atoms with Crippen molar-refractivity contribution in [3.63, 3.8) is 0 Å². The van der Waals surface area contributed by atoms with E-state index in [1.807, 2.05) is 4.57 Å². The molecule has 0 fully saturated rings. The Hall–Kier alpha value is -2.04. The van der Waals surface area contributed by atoms with Crippen LogP contribution in [0.1, 0.15) is 11.1 Å². The largest absolute Gasteiger partial charge is 0.484 e. The Morgan fingerprint density at radius 1 is 1.19 bits per heavy atom. The van der Waals surface area contributed by atoms with Crippen molar-refractivity contribution in [3.8, 4) is 22.9 Å². The zero-order chi connectivity index (χ0) is 22.8. The Bertz CT molecular complexity index is 1010. The molecule has 31 heavy (non-hydrogen) atoms. The number of alkyl halides is 3. The van der Waals surface area contributed by atoms with Gasteiger partial charge in [0.15, 0.2) is 6.61 Å². The first kappa shape index (κ1) is 23.6. The summed E-state index contributed by atoms with van der Waals surface area (Å²) in [5.74, 6) is 0.521. The SMILES string of the molecule is COC[C@@H](COc1c(Br)c(=O)c(C)c2n1CCc1cc(OCC(F)(F)F)ccc1-2)OC. The molecule has 1 aromatic carbocycles. The Balaban J connectivity index is 1.98. The number of hydrogen-bond donors (Lipinski definition) is 0. The first-order chi connectivity index (χ1) is 14.7. The fraction of sp³-hybridized carbons (Fsp3) is 0.476. The van der Waals surface area contributed by atoms with Gasteiger partial charge in [-0.1, -0.05) is 0 Å². The molecule has 0 radical (unpaired) electrons. The molecule has 0 amide bonds. The second kappa shape index (κ2) is 9.62. The van der Waals surface area contributed by atoms with Crippen molar-refractivity contribution >= 4 is 15.9 Å². The Kier molecular flexibility index (Phi) is 7.33. The highest BCUT2D eigenvalue weighted by atomic mass is 79.9. The summed E-state index contributed by atoms with van der Waals surface area (Å²) in [6, 6.07) is 4.75. The van der Waals surface area contributed by atoms with Gasteiger partial charge in [-0.3, -0.25) is 4.79 Å². The number of hydrogen-bond acceptors (Lipinski definition) is 5. The van der Waals surface area contributed by atoms with Gasteiger partial charge in [-0.25, -0.2) is 0 Å². The standard InChI is InChI=1S/C21H23BrF3NO5/c1-12-18-16-5-4-14(31-11-21(23,24)25)8-13(16)6-7-26(18)20(17(22)19(12)27)30-10-15(29-3)9-28-2/h4-5,8,15H,6-7,9-11H2,1-3H3/t15-/m0/s1. The Morgan fingerprint density at radius 2 is 1.94 bits per heavy atom. The highest BCUT2D eigenvalue weighted by Crippen LogP contribution is 2.38. The fourth-order valence-electron chi connectivity index (χ4n) is 3.53. The number of rotatable bonds is 8. The van der Waals surface area contributed by atoms with E-state index in [9.17, 15) is 18.0 Å². The van der Waals surface area contributed by atoms with Crippen LogP contribution in [0.15, 0.2) is 27.5 Å². The van der Waals surface area contributed by atoms with E-state index in [0.717, 1.165) is 11.1 Å². The minimum atomic E-state index is -4.41. The van der Waals surface area contributed by atoms with Crippen LogP contribution in [0.25, 0.3) is 11.3 Å². The number of nitrogens with zero attached hydrogens (tertiary/aromatic N) is 1. The maximum atomic E-state index is 12.8. The van der Waals surface area contributed by atoms with Crippen LogP contribution in [-0.2, 0) is 22.4 Å². The second-order valence-corrected chi connectivity index (χ2v) is 7.96. The summed E-state index contributed by atoms with van der Waals surface area (Å²) in [5, 5.41) is 0. The molecule has 2 heterocycles. The van der Waals surface area contributed by atoms with Gasteiger partial charge in [-0.15, -0.1) is 0 Å². The summed E-state index contributed by atoms with van der Waals surface area (Å²) < 4.78 is 60.8. The van der Waals surface area contributed by atoms with Gasteiger partial charge in [0.05, 0.1) is 12.3 Å². The van der Waals surface area contributed by atoms with E-state index < -0.39 is 12.8 Å². The summed E-state index contributed by atoms with van der Waals surface area (Å²) in [6.07, 6.45) is -4.18. The lowest BCUT2D eigenvalue weighted by molar-refractivity contribution is -0.153. The Labute approximate surface area is 186 Å². The quantitative estimate of drug-likeness (QED) is 0.540. The highest BCUT2D eigenvalue weighted by Gasteiger charge is 2.29. The maximum absolute atomic E-state index is 12.8. The molecule has 1 atom stereocenters. The van der Waals surface area contributed by atoms with E-state index in [-0.39, 0.29) is 23.9 Å². The first-order valence-corrected chi connectivity index (χ1v) is 10.4. The average Bonchev–Trinajstić information content (AvgIpc) is 2.74. The van der Waals surface area contributed by atoms with Crippen molar-refractivity contribution < 1.29 is 32.1 Å². The van der Waals surface area contributed by atoms with Crippen LogP contribution in [-0.4, -0.2) is 50.9 Å². The van der Waals surface area contributed by atoms with Crippen molar-refractivity contribution in [2.75, 3.05) is 34.0 Å². The number of methoxy groups -OCH3 is 2. The van der Waals surface area contributed by atoms with Crippen molar-refractivity contribution in [2.24, 2.45) is 0 Å². The molecule has 3 rings (SSSR count). The van der Waals surface area contributed by atoms with Crippen LogP contribution in [0.3, 0.4) is 0 Å². The van der Waals surface area contributed by atoms with Crippen molar-refractivity contribution in [1.29, 1.82) is 0 Å². The normalized spacial score (nSPS) is 14.0. The minimum absolute atomic E-state index is 0.139. The molecule has 0 saturated heterocycles. The summed E-state index contributed by atoms with van der Waals surface area (Å²) in [4.78, 5) is 12.8. The van der Waals surface area contributed by atoms with Crippen molar-refractivity contribution in [1.82, 2.24) is 4.57 Å². The van der Waals surface area contributed by atoms with Crippen LogP contribution in [0.4, 0.5) is 13.2 Å². The smallest absolute Gasteiger partial charge is 0.422 e. The lowest BCUT2D eigenvalue weighted by atomic mass is 9.94. The fourth-order valence-corrected chi connectivity index (χ4v) is 4.16. The molecule has 0 unspecified atom stereocenters. The molecule has 0 saturated carbocycles. The predicted octanol–water partition coefficient (Wildman–Crippen LogP) is 4.12. The monoisotopic (exact) mass is 505 g/mol. The minimum Gasteiger partial charge on any atom is -0.484 e. The van der Waals surface area contributed by atoms with E-state index in [1.54, 1.807) is 33.3 Å². The van der Waals surface area contributed by atoms with Crippen LogP contribution in [0.2, 0.25) is 0 Å². The third-order valence-electron chi connectivity index (χ3n) is 5.03. The van der Waals surface area contributed by atoms with Gasteiger partial charge >= 0.3 is 6.18 Å². The lowest BCUT2D eigenvalue weighted by Crippen LogP contribution is -2.29. The predicted molar refractivity (Wildman–Crippen MR) is 112 cm³/mol. The summed E-state index contributed by atoms with van der Waals surface area (Å²) >= 11 is 3.35. The van der Waals surface area contributed by atoms with Crippen molar-refractivity contribution in [3.05, 3.63) is 44.0 Å². The molecule has 0 N–H and O–H groups in total. The summed E-state index contributed by atoms with van der Waals surface area (Å²) in [5.41, 5.74) is 2.55. The molecule has 1 aliphatic rings. The third-order valence-corrected chi connectivity index (χ3v) is 5.73. The van der Waals surface area contributed by atoms with Gasteiger partial charge in [-0.05, 0) is 53.0 Å². The molecule has 1 aromatic heterocycles. The second-order valence-electron chi connectivity index (χ2n) is 7.17. The molecule has 0 aliphatic carbocycles. The molecule has 2 aromatic rings. The van der Waals surface area contributed by atoms with Gasteiger partial charge in [0.1, 0.15) is 22.9 Å². The summed E-state index contributed by atoms with van der Waals surface area (Å²) in [6.45, 7) is 1.37. The number of aromatic nitrogens is 1. The van der Waals surface area contributed by atoms with Crippen LogP contribution < -0.4 is 14.9 Å². The van der Waals surface area contributed by atoms with Gasteiger partial charge in [-0.2, -0.15) is 13.2 Å².